The van der Waals surface area contributed by atoms with Gasteiger partial charge in [-0.15, -0.1) is 11.6 Å². The van der Waals surface area contributed by atoms with Crippen LogP contribution in [0.25, 0.3) is 0 Å². The molecule has 0 N–H and O–H groups in total. The molecule has 3 fully saturated rings. The van der Waals surface area contributed by atoms with Crippen molar-refractivity contribution in [1.82, 2.24) is 0 Å². The largest absolute Gasteiger partial charge is 0.359 e. The summed E-state index contributed by atoms with van der Waals surface area (Å²) >= 11 is 5.75. The Labute approximate surface area is 111 Å². The molecule has 0 spiro atoms. The van der Waals surface area contributed by atoms with Gasteiger partial charge in [0.2, 0.25) is 12.6 Å². The summed E-state index contributed by atoms with van der Waals surface area (Å²) in [5.41, 5.74) is -0.754. The molecule has 6 atom stereocenters. The van der Waals surface area contributed by atoms with E-state index in [0.717, 1.165) is 6.42 Å². The normalized spacial score (nSPS) is 50.6. The van der Waals surface area contributed by atoms with E-state index in [4.69, 9.17) is 30.8 Å². The molecule has 102 valence electrons. The van der Waals surface area contributed by atoms with Gasteiger partial charge in [0.15, 0.2) is 0 Å². The van der Waals surface area contributed by atoms with E-state index < -0.39 is 18.2 Å². The van der Waals surface area contributed by atoms with Gasteiger partial charge in [0.05, 0.1) is 0 Å². The number of alkyl halides is 1. The van der Waals surface area contributed by atoms with Crippen LogP contribution >= 0.6 is 11.6 Å². The number of ketones is 1. The SMILES string of the molecule is C[C@@H]1C(=O)[C@H](C)[C@@]2(CCCCl)O[C@@H]1[C@H]1OO[C@@H]2O1. The fourth-order valence-corrected chi connectivity index (χ4v) is 3.28. The Morgan fingerprint density at radius 1 is 1.33 bits per heavy atom. The third kappa shape index (κ3) is 1.58. The van der Waals surface area contributed by atoms with Gasteiger partial charge in [-0.2, -0.15) is 9.78 Å². The number of rotatable bonds is 3. The van der Waals surface area contributed by atoms with Gasteiger partial charge in [0.25, 0.3) is 0 Å². The van der Waals surface area contributed by atoms with Crippen LogP contribution in [0.5, 0.6) is 0 Å². The molecular weight excluding hydrogens is 260 g/mol. The van der Waals surface area contributed by atoms with Crippen LogP contribution in [0.4, 0.5) is 0 Å². The fraction of sp³-hybridized carbons (Fsp3) is 0.917. The summed E-state index contributed by atoms with van der Waals surface area (Å²) in [4.78, 5) is 22.7. The van der Waals surface area contributed by atoms with Crippen LogP contribution < -0.4 is 0 Å². The van der Waals surface area contributed by atoms with Gasteiger partial charge in [-0.3, -0.25) is 4.79 Å². The Balaban J connectivity index is 1.95. The molecule has 0 radical (unpaired) electrons. The highest BCUT2D eigenvalue weighted by Crippen LogP contribution is 2.49. The maximum absolute atomic E-state index is 12.3. The first-order chi connectivity index (χ1) is 8.60. The number of carbonyl (C=O) groups is 1. The van der Waals surface area contributed by atoms with E-state index in [2.05, 4.69) is 0 Å². The average Bonchev–Trinajstić information content (AvgIpc) is 2.81. The van der Waals surface area contributed by atoms with Crippen LogP contribution in [0.2, 0.25) is 0 Å². The zero-order valence-electron chi connectivity index (χ0n) is 10.4. The van der Waals surface area contributed by atoms with Crippen molar-refractivity contribution in [1.29, 1.82) is 0 Å². The van der Waals surface area contributed by atoms with E-state index in [1.54, 1.807) is 0 Å². The summed E-state index contributed by atoms with van der Waals surface area (Å²) in [5.74, 6) is 0.188. The minimum atomic E-state index is -0.754. The number of halogens is 1. The Kier molecular flexibility index (Phi) is 3.15. The average molecular weight is 277 g/mol. The first kappa shape index (κ1) is 12.8. The second kappa shape index (κ2) is 4.42. The molecule has 3 rings (SSSR count). The van der Waals surface area contributed by atoms with Crippen LogP contribution in [-0.2, 0) is 24.0 Å². The lowest BCUT2D eigenvalue weighted by Crippen LogP contribution is -2.66. The number of carbonyl (C=O) groups excluding carboxylic acids is 1. The number of hydrogen-bond donors (Lipinski definition) is 0. The third-order valence-corrected chi connectivity index (χ3v) is 4.59. The summed E-state index contributed by atoms with van der Waals surface area (Å²) in [5, 5.41) is 0. The summed E-state index contributed by atoms with van der Waals surface area (Å²) in [6.45, 7) is 3.72. The zero-order chi connectivity index (χ0) is 12.9. The van der Waals surface area contributed by atoms with Crippen molar-refractivity contribution < 1.29 is 24.0 Å². The lowest BCUT2D eigenvalue weighted by Gasteiger charge is -2.51. The van der Waals surface area contributed by atoms with Crippen LogP contribution in [0.15, 0.2) is 0 Å². The molecule has 3 saturated heterocycles. The minimum Gasteiger partial charge on any atom is -0.359 e. The molecule has 0 aromatic carbocycles. The van der Waals surface area contributed by atoms with E-state index in [1.165, 1.54) is 0 Å². The van der Waals surface area contributed by atoms with E-state index in [9.17, 15) is 4.79 Å². The van der Waals surface area contributed by atoms with Gasteiger partial charge in [0.1, 0.15) is 17.5 Å². The van der Waals surface area contributed by atoms with Crippen molar-refractivity contribution in [2.45, 2.75) is 51.0 Å². The lowest BCUT2D eigenvalue weighted by atomic mass is 9.72. The van der Waals surface area contributed by atoms with E-state index >= 15 is 0 Å². The van der Waals surface area contributed by atoms with Gasteiger partial charge < -0.3 is 9.47 Å². The second-order valence-electron chi connectivity index (χ2n) is 5.27. The van der Waals surface area contributed by atoms with Crippen molar-refractivity contribution in [3.8, 4) is 0 Å². The first-order valence-electron chi connectivity index (χ1n) is 6.35. The van der Waals surface area contributed by atoms with E-state index in [1.807, 2.05) is 13.8 Å². The maximum Gasteiger partial charge on any atom is 0.223 e. The Bertz CT molecular complexity index is 362. The molecule has 4 bridgehead atoms. The molecule has 0 aliphatic carbocycles. The van der Waals surface area contributed by atoms with E-state index in [-0.39, 0.29) is 23.7 Å². The second-order valence-corrected chi connectivity index (χ2v) is 5.65. The van der Waals surface area contributed by atoms with Crippen molar-refractivity contribution in [3.05, 3.63) is 0 Å². The molecular formula is C12H17ClO5. The van der Waals surface area contributed by atoms with Gasteiger partial charge in [-0.1, -0.05) is 13.8 Å². The van der Waals surface area contributed by atoms with Crippen molar-refractivity contribution in [2.75, 3.05) is 5.88 Å². The van der Waals surface area contributed by atoms with Crippen LogP contribution in [-0.4, -0.2) is 35.9 Å². The smallest absolute Gasteiger partial charge is 0.223 e. The quantitative estimate of drug-likeness (QED) is 0.579. The van der Waals surface area contributed by atoms with Gasteiger partial charge in [0, 0.05) is 17.7 Å². The summed E-state index contributed by atoms with van der Waals surface area (Å²) in [6.07, 6.45) is -0.233. The Hall–Kier alpha value is -0.200. The van der Waals surface area contributed by atoms with Crippen LogP contribution in [0.1, 0.15) is 26.7 Å². The fourth-order valence-electron chi connectivity index (χ4n) is 3.14. The highest BCUT2D eigenvalue weighted by atomic mass is 35.5. The van der Waals surface area contributed by atoms with Crippen molar-refractivity contribution in [2.24, 2.45) is 11.8 Å². The van der Waals surface area contributed by atoms with Crippen molar-refractivity contribution in [3.63, 3.8) is 0 Å². The molecule has 3 aliphatic heterocycles. The third-order valence-electron chi connectivity index (χ3n) is 4.32. The first-order valence-corrected chi connectivity index (χ1v) is 6.88. The van der Waals surface area contributed by atoms with E-state index in [0.29, 0.717) is 12.3 Å². The zero-order valence-corrected chi connectivity index (χ0v) is 11.2. The standard InChI is InChI=1S/C12H17ClO5/c1-6-8(14)7(2)12(4-3-5-13)11-15-10(17-18-11)9(6)16-12/h6-7,9-11H,3-5H2,1-2H3/t6-,7+,9+,10-,11+,12-/m1/s1. The Morgan fingerprint density at radius 3 is 2.83 bits per heavy atom. The molecule has 0 aromatic heterocycles. The minimum absolute atomic E-state index is 0.188. The van der Waals surface area contributed by atoms with Gasteiger partial charge >= 0.3 is 0 Å². The molecule has 3 heterocycles. The summed E-state index contributed by atoms with van der Waals surface area (Å²) in [6, 6.07) is 0. The molecule has 18 heavy (non-hydrogen) atoms. The Morgan fingerprint density at radius 2 is 2.11 bits per heavy atom. The lowest BCUT2D eigenvalue weighted by molar-refractivity contribution is -0.319. The molecule has 0 saturated carbocycles. The molecule has 0 unspecified atom stereocenters. The predicted molar refractivity (Wildman–Crippen MR) is 61.7 cm³/mol. The topological polar surface area (TPSA) is 54.0 Å². The molecule has 0 aromatic rings. The molecule has 3 aliphatic rings. The van der Waals surface area contributed by atoms with Gasteiger partial charge in [-0.05, 0) is 12.8 Å². The van der Waals surface area contributed by atoms with Crippen LogP contribution in [0.3, 0.4) is 0 Å². The number of hydrogen-bond acceptors (Lipinski definition) is 5. The van der Waals surface area contributed by atoms with Gasteiger partial charge in [-0.25, -0.2) is 0 Å². The summed E-state index contributed by atoms with van der Waals surface area (Å²) in [7, 11) is 0. The highest BCUT2D eigenvalue weighted by Gasteiger charge is 2.65. The number of Topliss-reactive ketones (excluding diaryl/α,β-unsaturated/α-hetero) is 1. The monoisotopic (exact) mass is 276 g/mol. The molecule has 5 nitrogen and oxygen atoms in total. The number of ether oxygens (including phenoxy) is 2. The molecule has 0 amide bonds. The van der Waals surface area contributed by atoms with Crippen LogP contribution in [0, 0.1) is 11.8 Å². The molecule has 6 heteroatoms. The summed E-state index contributed by atoms with van der Waals surface area (Å²) < 4.78 is 11.8. The maximum atomic E-state index is 12.3. The van der Waals surface area contributed by atoms with Crippen molar-refractivity contribution >= 4 is 17.4 Å². The number of fused-ring (bicyclic) bond motifs is 6. The highest BCUT2D eigenvalue weighted by molar-refractivity contribution is 6.17. The predicted octanol–water partition coefficient (Wildman–Crippen LogP) is 1.63.